The molecule has 3 aromatic rings. The summed E-state index contributed by atoms with van der Waals surface area (Å²) in [4.78, 5) is 15.2. The van der Waals surface area contributed by atoms with Gasteiger partial charge in [0.25, 0.3) is 0 Å². The molecule has 27 heavy (non-hydrogen) atoms. The summed E-state index contributed by atoms with van der Waals surface area (Å²) < 4.78 is 29.4. The van der Waals surface area contributed by atoms with Gasteiger partial charge in [-0.05, 0) is 36.4 Å². The van der Waals surface area contributed by atoms with Crippen molar-refractivity contribution < 1.29 is 28.5 Å². The van der Waals surface area contributed by atoms with Crippen LogP contribution in [0.15, 0.2) is 47.8 Å². The third-order valence-electron chi connectivity index (χ3n) is 3.57. The van der Waals surface area contributed by atoms with Gasteiger partial charge in [0.2, 0.25) is 0 Å². The first-order valence-electron chi connectivity index (χ1n) is 7.95. The summed E-state index contributed by atoms with van der Waals surface area (Å²) >= 11 is 1.22. The second-order valence-electron chi connectivity index (χ2n) is 5.36. The molecule has 0 radical (unpaired) electrons. The average molecular weight is 389 g/mol. The van der Waals surface area contributed by atoms with E-state index in [0.29, 0.717) is 27.8 Å². The van der Waals surface area contributed by atoms with E-state index in [1.165, 1.54) is 41.0 Å². The Morgan fingerprint density at radius 3 is 2.48 bits per heavy atom. The SMILES string of the molecule is COc1ccc(-c2nc(C(=O)O)cs2)c(OCCOc2ccc(F)cc2)c1. The van der Waals surface area contributed by atoms with Gasteiger partial charge >= 0.3 is 5.97 Å². The van der Waals surface area contributed by atoms with Crippen LogP contribution in [-0.4, -0.2) is 36.4 Å². The number of ether oxygens (including phenoxy) is 3. The second-order valence-corrected chi connectivity index (χ2v) is 6.21. The Morgan fingerprint density at radius 2 is 1.81 bits per heavy atom. The van der Waals surface area contributed by atoms with Crippen molar-refractivity contribution >= 4 is 17.3 Å². The zero-order valence-electron chi connectivity index (χ0n) is 14.3. The molecule has 0 saturated heterocycles. The molecule has 8 heteroatoms. The summed E-state index contributed by atoms with van der Waals surface area (Å²) in [6, 6.07) is 10.9. The summed E-state index contributed by atoms with van der Waals surface area (Å²) in [5.41, 5.74) is 0.645. The second kappa shape index (κ2) is 8.50. The molecule has 0 bridgehead atoms. The number of thiazole rings is 1. The van der Waals surface area contributed by atoms with E-state index in [1.54, 1.807) is 25.3 Å². The average Bonchev–Trinajstić information content (AvgIpc) is 3.17. The summed E-state index contributed by atoms with van der Waals surface area (Å²) in [6.45, 7) is 0.481. The minimum absolute atomic E-state index is 0.0172. The van der Waals surface area contributed by atoms with Crippen LogP contribution in [0.5, 0.6) is 17.2 Å². The van der Waals surface area contributed by atoms with E-state index in [-0.39, 0.29) is 24.7 Å². The lowest BCUT2D eigenvalue weighted by Gasteiger charge is -2.12. The lowest BCUT2D eigenvalue weighted by molar-refractivity contribution is 0.0691. The Kier molecular flexibility index (Phi) is 5.87. The molecule has 1 heterocycles. The molecule has 2 aromatic carbocycles. The number of nitrogens with zero attached hydrogens (tertiary/aromatic N) is 1. The van der Waals surface area contributed by atoms with Crippen molar-refractivity contribution in [1.29, 1.82) is 0 Å². The third-order valence-corrected chi connectivity index (χ3v) is 4.44. The normalized spacial score (nSPS) is 10.4. The van der Waals surface area contributed by atoms with E-state index in [4.69, 9.17) is 19.3 Å². The van der Waals surface area contributed by atoms with Gasteiger partial charge in [-0.15, -0.1) is 11.3 Å². The Hall–Kier alpha value is -3.13. The molecule has 0 unspecified atom stereocenters. The number of halogens is 1. The molecule has 1 N–H and O–H groups in total. The third kappa shape index (κ3) is 4.73. The first-order chi connectivity index (χ1) is 13.1. The van der Waals surface area contributed by atoms with Gasteiger partial charge in [-0.2, -0.15) is 0 Å². The Labute approximate surface area is 158 Å². The summed E-state index contributed by atoms with van der Waals surface area (Å²) in [6.07, 6.45) is 0. The molecule has 0 fully saturated rings. The number of rotatable bonds is 8. The topological polar surface area (TPSA) is 77.9 Å². The number of carboxylic acids is 1. The Balaban J connectivity index is 1.70. The standard InChI is InChI=1S/C19H16FNO5S/c1-24-14-6-7-15(18-21-16(11-27-18)19(22)23)17(10-14)26-9-8-25-13-4-2-12(20)3-5-13/h2-7,10-11H,8-9H2,1H3,(H,22,23). The molecule has 0 aliphatic rings. The molecule has 6 nitrogen and oxygen atoms in total. The highest BCUT2D eigenvalue weighted by Gasteiger charge is 2.15. The fraction of sp³-hybridized carbons (Fsp3) is 0.158. The number of aromatic nitrogens is 1. The zero-order chi connectivity index (χ0) is 19.2. The van der Waals surface area contributed by atoms with Crippen molar-refractivity contribution in [3.63, 3.8) is 0 Å². The lowest BCUT2D eigenvalue weighted by atomic mass is 10.2. The molecule has 1 aromatic heterocycles. The molecular formula is C19H16FNO5S. The first-order valence-corrected chi connectivity index (χ1v) is 8.83. The van der Waals surface area contributed by atoms with Gasteiger partial charge < -0.3 is 19.3 Å². The smallest absolute Gasteiger partial charge is 0.355 e. The van der Waals surface area contributed by atoms with Gasteiger partial charge in [0.05, 0.1) is 12.7 Å². The van der Waals surface area contributed by atoms with Crippen LogP contribution in [-0.2, 0) is 0 Å². The van der Waals surface area contributed by atoms with E-state index in [9.17, 15) is 9.18 Å². The van der Waals surface area contributed by atoms with Crippen LogP contribution in [0.2, 0.25) is 0 Å². The van der Waals surface area contributed by atoms with E-state index in [2.05, 4.69) is 4.98 Å². The van der Waals surface area contributed by atoms with Gasteiger partial charge in [-0.25, -0.2) is 14.2 Å². The van der Waals surface area contributed by atoms with Crippen molar-refractivity contribution in [3.05, 3.63) is 59.4 Å². The summed E-state index contributed by atoms with van der Waals surface area (Å²) in [5, 5.41) is 11.1. The maximum absolute atomic E-state index is 12.9. The predicted octanol–water partition coefficient (Wildman–Crippen LogP) is 4.11. The maximum atomic E-state index is 12.9. The van der Waals surface area contributed by atoms with Gasteiger partial charge in [-0.3, -0.25) is 0 Å². The number of methoxy groups -OCH3 is 1. The number of benzene rings is 2. The van der Waals surface area contributed by atoms with Crippen LogP contribution in [0.1, 0.15) is 10.5 Å². The Morgan fingerprint density at radius 1 is 1.11 bits per heavy atom. The van der Waals surface area contributed by atoms with E-state index >= 15 is 0 Å². The number of hydrogen-bond donors (Lipinski definition) is 1. The van der Waals surface area contributed by atoms with Crippen molar-refractivity contribution in [2.75, 3.05) is 20.3 Å². The quantitative estimate of drug-likeness (QED) is 0.584. The monoisotopic (exact) mass is 389 g/mol. The van der Waals surface area contributed by atoms with Crippen LogP contribution >= 0.6 is 11.3 Å². The van der Waals surface area contributed by atoms with Crippen molar-refractivity contribution in [2.45, 2.75) is 0 Å². The predicted molar refractivity (Wildman–Crippen MR) is 98.5 cm³/mol. The molecule has 140 valence electrons. The minimum atomic E-state index is -1.08. The fourth-order valence-electron chi connectivity index (χ4n) is 2.26. The first kappa shape index (κ1) is 18.7. The largest absolute Gasteiger partial charge is 0.497 e. The molecular weight excluding hydrogens is 373 g/mol. The van der Waals surface area contributed by atoms with Gasteiger partial charge in [0, 0.05) is 11.4 Å². The molecule has 0 atom stereocenters. The van der Waals surface area contributed by atoms with E-state index < -0.39 is 5.97 Å². The van der Waals surface area contributed by atoms with Crippen molar-refractivity contribution in [1.82, 2.24) is 4.98 Å². The molecule has 0 amide bonds. The fourth-order valence-corrected chi connectivity index (χ4v) is 3.09. The van der Waals surface area contributed by atoms with Crippen LogP contribution < -0.4 is 14.2 Å². The highest BCUT2D eigenvalue weighted by Crippen LogP contribution is 2.35. The maximum Gasteiger partial charge on any atom is 0.355 e. The number of aromatic carboxylic acids is 1. The Bertz CT molecular complexity index is 926. The summed E-state index contributed by atoms with van der Waals surface area (Å²) in [5.74, 6) is 0.230. The highest BCUT2D eigenvalue weighted by atomic mass is 32.1. The van der Waals surface area contributed by atoms with Crippen LogP contribution in [0.25, 0.3) is 10.6 Å². The highest BCUT2D eigenvalue weighted by molar-refractivity contribution is 7.13. The molecule has 0 aliphatic carbocycles. The van der Waals surface area contributed by atoms with Gasteiger partial charge in [0.15, 0.2) is 5.69 Å². The molecule has 0 spiro atoms. The zero-order valence-corrected chi connectivity index (χ0v) is 15.2. The van der Waals surface area contributed by atoms with Gasteiger partial charge in [0.1, 0.15) is 41.3 Å². The van der Waals surface area contributed by atoms with Crippen LogP contribution in [0.4, 0.5) is 4.39 Å². The van der Waals surface area contributed by atoms with Crippen molar-refractivity contribution in [3.8, 4) is 27.8 Å². The molecule has 3 rings (SSSR count). The van der Waals surface area contributed by atoms with E-state index in [1.807, 2.05) is 0 Å². The lowest BCUT2D eigenvalue weighted by Crippen LogP contribution is -2.09. The van der Waals surface area contributed by atoms with Crippen LogP contribution in [0.3, 0.4) is 0 Å². The molecule has 0 saturated carbocycles. The van der Waals surface area contributed by atoms with Crippen molar-refractivity contribution in [2.24, 2.45) is 0 Å². The number of carbonyl (C=O) groups is 1. The van der Waals surface area contributed by atoms with E-state index in [0.717, 1.165) is 0 Å². The van der Waals surface area contributed by atoms with Crippen LogP contribution in [0, 0.1) is 5.82 Å². The molecule has 0 aliphatic heterocycles. The van der Waals surface area contributed by atoms with Gasteiger partial charge in [-0.1, -0.05) is 0 Å². The number of carboxylic acid groups (broad SMARTS) is 1. The number of hydrogen-bond acceptors (Lipinski definition) is 6. The minimum Gasteiger partial charge on any atom is -0.497 e. The summed E-state index contributed by atoms with van der Waals surface area (Å²) in [7, 11) is 1.54.